The molecule has 1 atom stereocenters. The predicted molar refractivity (Wildman–Crippen MR) is 86.8 cm³/mol. The molecule has 0 bridgehead atoms. The van der Waals surface area contributed by atoms with E-state index in [1.54, 1.807) is 25.3 Å². The maximum atomic E-state index is 12.5. The topological polar surface area (TPSA) is 59.2 Å². The number of carbonyl (C=O) groups is 2. The second-order valence-electron chi connectivity index (χ2n) is 4.76. The van der Waals surface area contributed by atoms with Gasteiger partial charge in [-0.2, -0.15) is 0 Å². The van der Waals surface area contributed by atoms with Crippen LogP contribution in [0.5, 0.6) is 0 Å². The zero-order chi connectivity index (χ0) is 15.7. The Hall–Kier alpha value is -2.11. The number of benzene rings is 1. The number of esters is 1. The van der Waals surface area contributed by atoms with E-state index >= 15 is 0 Å². The van der Waals surface area contributed by atoms with Crippen molar-refractivity contribution >= 4 is 45.6 Å². The summed E-state index contributed by atoms with van der Waals surface area (Å²) in [5.74, 6) is -0.786. The molecule has 1 N–H and O–H groups in total. The van der Waals surface area contributed by atoms with Gasteiger partial charge in [-0.05, 0) is 25.1 Å². The van der Waals surface area contributed by atoms with Crippen molar-refractivity contribution in [1.29, 1.82) is 0 Å². The van der Waals surface area contributed by atoms with Crippen LogP contribution in [0.2, 0.25) is 4.34 Å². The zero-order valence-corrected chi connectivity index (χ0v) is 13.2. The Morgan fingerprint density at radius 1 is 1.23 bits per heavy atom. The normalized spacial score (nSPS) is 12.3. The number of carbonyl (C=O) groups excluding carboxylic acids is 2. The molecule has 0 saturated heterocycles. The van der Waals surface area contributed by atoms with Gasteiger partial charge in [-0.1, -0.05) is 29.8 Å². The van der Waals surface area contributed by atoms with Crippen LogP contribution in [0.3, 0.4) is 0 Å². The summed E-state index contributed by atoms with van der Waals surface area (Å²) >= 11 is 6.91. The molecule has 3 rings (SSSR count). The second kappa shape index (κ2) is 5.94. The molecule has 0 fully saturated rings. The van der Waals surface area contributed by atoms with E-state index in [-0.39, 0.29) is 5.78 Å². The van der Waals surface area contributed by atoms with Crippen LogP contribution in [0.15, 0.2) is 42.6 Å². The molecule has 0 aliphatic heterocycles. The van der Waals surface area contributed by atoms with Gasteiger partial charge in [0.15, 0.2) is 6.10 Å². The summed E-state index contributed by atoms with van der Waals surface area (Å²) in [4.78, 5) is 27.9. The summed E-state index contributed by atoms with van der Waals surface area (Å²) in [6.07, 6.45) is 0.770. The lowest BCUT2D eigenvalue weighted by Gasteiger charge is -2.11. The molecule has 22 heavy (non-hydrogen) atoms. The first-order valence-electron chi connectivity index (χ1n) is 6.63. The largest absolute Gasteiger partial charge is 0.450 e. The Bertz CT molecular complexity index is 852. The lowest BCUT2D eigenvalue weighted by Crippen LogP contribution is -2.23. The lowest BCUT2D eigenvalue weighted by molar-refractivity contribution is 0.0324. The van der Waals surface area contributed by atoms with Gasteiger partial charge in [0.25, 0.3) is 0 Å². The van der Waals surface area contributed by atoms with Gasteiger partial charge in [-0.15, -0.1) is 11.3 Å². The number of aromatic amines is 1. The average molecular weight is 334 g/mol. The van der Waals surface area contributed by atoms with Gasteiger partial charge in [0.05, 0.1) is 4.34 Å². The van der Waals surface area contributed by atoms with E-state index < -0.39 is 12.1 Å². The number of para-hydroxylation sites is 1. The van der Waals surface area contributed by atoms with Gasteiger partial charge >= 0.3 is 5.97 Å². The number of ketones is 1. The molecule has 6 heteroatoms. The van der Waals surface area contributed by atoms with Crippen molar-refractivity contribution in [3.8, 4) is 0 Å². The highest BCUT2D eigenvalue weighted by Crippen LogP contribution is 2.24. The number of ether oxygens (including phenoxy) is 1. The second-order valence-corrected chi connectivity index (χ2v) is 6.48. The smallest absolute Gasteiger partial charge is 0.349 e. The van der Waals surface area contributed by atoms with Gasteiger partial charge in [-0.3, -0.25) is 4.79 Å². The molecule has 0 unspecified atom stereocenters. The van der Waals surface area contributed by atoms with E-state index in [0.717, 1.165) is 22.2 Å². The minimum atomic E-state index is -0.868. The third kappa shape index (κ3) is 2.77. The molecule has 0 radical (unpaired) electrons. The van der Waals surface area contributed by atoms with E-state index in [0.29, 0.717) is 14.8 Å². The number of rotatable bonds is 4. The van der Waals surface area contributed by atoms with Crippen molar-refractivity contribution in [3.63, 3.8) is 0 Å². The van der Waals surface area contributed by atoms with Gasteiger partial charge < -0.3 is 9.72 Å². The summed E-state index contributed by atoms with van der Waals surface area (Å²) in [5.41, 5.74) is 1.38. The van der Waals surface area contributed by atoms with Crippen LogP contribution in [-0.2, 0) is 4.74 Å². The summed E-state index contributed by atoms with van der Waals surface area (Å²) in [5, 5.41) is 0.814. The van der Waals surface area contributed by atoms with Gasteiger partial charge in [-0.25, -0.2) is 4.79 Å². The van der Waals surface area contributed by atoms with Crippen LogP contribution in [0.25, 0.3) is 10.9 Å². The standard InChI is InChI=1S/C16H12ClNO3S/c1-9(21-16(20)13-6-7-14(17)22-13)15(19)11-8-18-12-5-3-2-4-10(11)12/h2-9,18H,1H3/t9-/m0/s1. The number of halogens is 1. The SMILES string of the molecule is C[C@H](OC(=O)c1ccc(Cl)s1)C(=O)c1c[nH]c2ccccc12. The Labute approximate surface area is 135 Å². The zero-order valence-electron chi connectivity index (χ0n) is 11.6. The third-order valence-electron chi connectivity index (χ3n) is 3.28. The van der Waals surface area contributed by atoms with Crippen LogP contribution >= 0.6 is 22.9 Å². The number of fused-ring (bicyclic) bond motifs is 1. The van der Waals surface area contributed by atoms with E-state index in [4.69, 9.17) is 16.3 Å². The fraction of sp³-hybridized carbons (Fsp3) is 0.125. The lowest BCUT2D eigenvalue weighted by atomic mass is 10.1. The Morgan fingerprint density at radius 3 is 2.73 bits per heavy atom. The third-order valence-corrected chi connectivity index (χ3v) is 4.49. The average Bonchev–Trinajstić information content (AvgIpc) is 3.12. The molecule has 3 aromatic rings. The number of Topliss-reactive ketones (excluding diaryl/α,β-unsaturated/α-hetero) is 1. The molecule has 4 nitrogen and oxygen atoms in total. The Balaban J connectivity index is 1.78. The highest BCUT2D eigenvalue weighted by Gasteiger charge is 2.23. The van der Waals surface area contributed by atoms with Crippen LogP contribution in [-0.4, -0.2) is 22.8 Å². The molecule has 0 spiro atoms. The monoisotopic (exact) mass is 333 g/mol. The maximum Gasteiger partial charge on any atom is 0.349 e. The van der Waals surface area contributed by atoms with Crippen LogP contribution in [0, 0.1) is 0 Å². The molecule has 0 amide bonds. The van der Waals surface area contributed by atoms with E-state index in [1.807, 2.05) is 24.3 Å². The van der Waals surface area contributed by atoms with Crippen LogP contribution < -0.4 is 0 Å². The summed E-state index contributed by atoms with van der Waals surface area (Å²) in [6.45, 7) is 1.57. The van der Waals surface area contributed by atoms with Crippen molar-refractivity contribution in [2.45, 2.75) is 13.0 Å². The summed E-state index contributed by atoms with van der Waals surface area (Å²) in [7, 11) is 0. The number of thiophene rings is 1. The van der Waals surface area contributed by atoms with Crippen LogP contribution in [0.4, 0.5) is 0 Å². The van der Waals surface area contributed by atoms with Gasteiger partial charge in [0.1, 0.15) is 4.88 Å². The molecule has 0 aliphatic carbocycles. The predicted octanol–water partition coefficient (Wildman–Crippen LogP) is 4.31. The fourth-order valence-electron chi connectivity index (χ4n) is 2.19. The highest BCUT2D eigenvalue weighted by molar-refractivity contribution is 7.17. The number of hydrogen-bond acceptors (Lipinski definition) is 4. The number of aromatic nitrogens is 1. The molecule has 112 valence electrons. The molecule has 1 aromatic carbocycles. The molecule has 0 saturated carbocycles. The first kappa shape index (κ1) is 14.8. The quantitative estimate of drug-likeness (QED) is 0.571. The number of hydrogen-bond donors (Lipinski definition) is 1. The van der Waals surface area contributed by atoms with Gasteiger partial charge in [0.2, 0.25) is 5.78 Å². The van der Waals surface area contributed by atoms with Gasteiger partial charge in [0, 0.05) is 22.7 Å². The van der Waals surface area contributed by atoms with Crippen molar-refractivity contribution < 1.29 is 14.3 Å². The molecular weight excluding hydrogens is 322 g/mol. The molecule has 0 aliphatic rings. The minimum Gasteiger partial charge on any atom is -0.450 e. The molecule has 2 heterocycles. The number of H-pyrrole nitrogens is 1. The molecule has 2 aromatic heterocycles. The molecular formula is C16H12ClNO3S. The van der Waals surface area contributed by atoms with E-state index in [9.17, 15) is 9.59 Å². The first-order chi connectivity index (χ1) is 10.6. The Morgan fingerprint density at radius 2 is 2.00 bits per heavy atom. The maximum absolute atomic E-state index is 12.5. The highest BCUT2D eigenvalue weighted by atomic mass is 35.5. The number of nitrogens with one attached hydrogen (secondary N) is 1. The summed E-state index contributed by atoms with van der Waals surface area (Å²) in [6, 6.07) is 10.7. The first-order valence-corrected chi connectivity index (χ1v) is 7.82. The van der Waals surface area contributed by atoms with Crippen LogP contribution in [0.1, 0.15) is 27.0 Å². The van der Waals surface area contributed by atoms with E-state index in [1.165, 1.54) is 0 Å². The van der Waals surface area contributed by atoms with Crippen molar-refractivity contribution in [2.75, 3.05) is 0 Å². The summed E-state index contributed by atoms with van der Waals surface area (Å²) < 4.78 is 5.74. The fourth-order valence-corrected chi connectivity index (χ4v) is 3.12. The van der Waals surface area contributed by atoms with Crippen molar-refractivity contribution in [2.24, 2.45) is 0 Å². The minimum absolute atomic E-state index is 0.242. The van der Waals surface area contributed by atoms with Crippen molar-refractivity contribution in [1.82, 2.24) is 4.98 Å². The Kier molecular flexibility index (Phi) is 4.00. The van der Waals surface area contributed by atoms with E-state index in [2.05, 4.69) is 4.98 Å². The van der Waals surface area contributed by atoms with Crippen molar-refractivity contribution in [3.05, 3.63) is 57.4 Å².